The molecule has 0 spiro atoms. The van der Waals surface area contributed by atoms with E-state index in [1.54, 1.807) is 13.8 Å². The van der Waals surface area contributed by atoms with Crippen LogP contribution in [0.3, 0.4) is 0 Å². The summed E-state index contributed by atoms with van der Waals surface area (Å²) >= 11 is 0. The molecule has 2 aromatic rings. The Balaban J connectivity index is 1.52. The number of benzene rings is 2. The lowest BCUT2D eigenvalue weighted by molar-refractivity contribution is -0.309. The van der Waals surface area contributed by atoms with Gasteiger partial charge in [-0.15, -0.1) is 0 Å². The molecule has 2 aliphatic heterocycles. The third kappa shape index (κ3) is 8.17. The molecule has 0 aromatic heterocycles. The number of azide groups is 2. The van der Waals surface area contributed by atoms with Crippen LogP contribution in [0, 0.1) is 5.92 Å². The van der Waals surface area contributed by atoms with E-state index in [0.29, 0.717) is 0 Å². The lowest BCUT2D eigenvalue weighted by Gasteiger charge is -2.46. The average Bonchev–Trinajstić information content (AvgIpc) is 3.03. The van der Waals surface area contributed by atoms with Gasteiger partial charge in [-0.25, -0.2) is 4.79 Å². The molecule has 2 fully saturated rings. The van der Waals surface area contributed by atoms with Crippen molar-refractivity contribution >= 4 is 6.09 Å². The first-order valence-electron chi connectivity index (χ1n) is 14.3. The van der Waals surface area contributed by atoms with E-state index in [-0.39, 0.29) is 25.8 Å². The molecule has 2 aliphatic rings. The molecule has 0 saturated carbocycles. The van der Waals surface area contributed by atoms with Gasteiger partial charge in [0.1, 0.15) is 31.5 Å². The Morgan fingerprint density at radius 2 is 1.45 bits per heavy atom. The Labute approximate surface area is 254 Å². The van der Waals surface area contributed by atoms with Crippen LogP contribution in [0.2, 0.25) is 0 Å². The molecule has 4 rings (SSSR count). The van der Waals surface area contributed by atoms with Gasteiger partial charge in [-0.05, 0) is 36.0 Å². The van der Waals surface area contributed by atoms with Gasteiger partial charge in [-0.1, -0.05) is 77.8 Å². The largest absolute Gasteiger partial charge is 0.444 e. The molecule has 2 N–H and O–H groups in total. The van der Waals surface area contributed by atoms with Crippen molar-refractivity contribution in [3.8, 4) is 0 Å². The van der Waals surface area contributed by atoms with E-state index in [9.17, 15) is 20.5 Å². The number of hydrogen-bond donors (Lipinski definition) is 2. The quantitative estimate of drug-likeness (QED) is 0.161. The van der Waals surface area contributed by atoms with Crippen LogP contribution >= 0.6 is 0 Å². The third-order valence-electron chi connectivity index (χ3n) is 7.77. The van der Waals surface area contributed by atoms with Gasteiger partial charge in [0.25, 0.3) is 0 Å². The molecular formula is C29H37N7O8. The molecule has 10 atom stereocenters. The predicted octanol–water partition coefficient (Wildman–Crippen LogP) is 4.39. The molecule has 236 valence electrons. The number of ether oxygens (including phenoxy) is 5. The second-order valence-electron chi connectivity index (χ2n) is 10.8. The number of carbonyl (C=O) groups is 1. The van der Waals surface area contributed by atoms with Crippen LogP contribution in [-0.2, 0) is 36.8 Å². The van der Waals surface area contributed by atoms with Crippen molar-refractivity contribution in [2.45, 2.75) is 89.1 Å². The molecule has 2 saturated heterocycles. The lowest BCUT2D eigenvalue weighted by Crippen LogP contribution is -2.60. The third-order valence-corrected chi connectivity index (χ3v) is 7.77. The summed E-state index contributed by atoms with van der Waals surface area (Å²) in [4.78, 5) is 20.3. The standard InChI is InChI=1S/C29H37N7O8/c1-17-18(2)42-27(23(33-35-31)26(17)44-28-22(32-34-30)25(38)24(37)19(3)43-28)41-16-36(14-20-10-6-4-7-11-20)29(39)40-15-21-12-8-5-9-13-21/h4-13,17-19,22-28,37-38H,14-16H2,1-3H3/t17-,18?,19?,22?,23?,24+,25+,26-,27+,28-/m0/s1. The maximum Gasteiger partial charge on any atom is 0.412 e. The first-order valence-corrected chi connectivity index (χ1v) is 14.3. The van der Waals surface area contributed by atoms with E-state index < -0.39 is 61.3 Å². The van der Waals surface area contributed by atoms with Crippen molar-refractivity contribution in [3.05, 3.63) is 92.7 Å². The van der Waals surface area contributed by atoms with Crippen LogP contribution in [0.1, 0.15) is 31.9 Å². The molecule has 15 heteroatoms. The van der Waals surface area contributed by atoms with Crippen LogP contribution in [0.25, 0.3) is 20.9 Å². The Morgan fingerprint density at radius 3 is 2.09 bits per heavy atom. The van der Waals surface area contributed by atoms with Crippen molar-refractivity contribution in [2.75, 3.05) is 6.73 Å². The monoisotopic (exact) mass is 611 g/mol. The van der Waals surface area contributed by atoms with Gasteiger partial charge >= 0.3 is 6.09 Å². The zero-order chi connectivity index (χ0) is 31.6. The Kier molecular flexibility index (Phi) is 11.8. The lowest BCUT2D eigenvalue weighted by atomic mass is 9.89. The van der Waals surface area contributed by atoms with Crippen molar-refractivity contribution < 1.29 is 38.7 Å². The highest BCUT2D eigenvalue weighted by Gasteiger charge is 2.49. The minimum absolute atomic E-state index is 0.0589. The zero-order valence-electron chi connectivity index (χ0n) is 24.6. The molecule has 2 heterocycles. The number of nitrogens with zero attached hydrogens (tertiary/aromatic N) is 7. The second-order valence-corrected chi connectivity index (χ2v) is 10.8. The fraction of sp³-hybridized carbons (Fsp3) is 0.552. The second kappa shape index (κ2) is 15.7. The van der Waals surface area contributed by atoms with Crippen molar-refractivity contribution in [2.24, 2.45) is 16.1 Å². The van der Waals surface area contributed by atoms with Crippen LogP contribution in [0.5, 0.6) is 0 Å². The van der Waals surface area contributed by atoms with E-state index in [2.05, 4.69) is 20.1 Å². The molecule has 4 unspecified atom stereocenters. The number of aliphatic hydroxyl groups excluding tert-OH is 2. The number of amides is 1. The van der Waals surface area contributed by atoms with E-state index in [1.165, 1.54) is 4.90 Å². The molecule has 15 nitrogen and oxygen atoms in total. The summed E-state index contributed by atoms with van der Waals surface area (Å²) in [5.74, 6) is -0.378. The Hall–Kier alpha value is -3.91. The van der Waals surface area contributed by atoms with Gasteiger partial charge < -0.3 is 33.9 Å². The maximum atomic E-state index is 13.2. The van der Waals surface area contributed by atoms with Gasteiger partial charge in [-0.2, -0.15) is 0 Å². The van der Waals surface area contributed by atoms with Crippen LogP contribution < -0.4 is 0 Å². The van der Waals surface area contributed by atoms with Gasteiger partial charge in [0.2, 0.25) is 0 Å². The molecule has 2 aromatic carbocycles. The molecule has 0 aliphatic carbocycles. The number of carbonyl (C=O) groups excluding carboxylic acids is 1. The summed E-state index contributed by atoms with van der Waals surface area (Å²) in [6.07, 6.45) is -8.01. The highest BCUT2D eigenvalue weighted by Crippen LogP contribution is 2.35. The highest BCUT2D eigenvalue weighted by molar-refractivity contribution is 5.67. The number of rotatable bonds is 11. The first kappa shape index (κ1) is 33.0. The molecular weight excluding hydrogens is 574 g/mol. The molecule has 0 bridgehead atoms. The smallest absolute Gasteiger partial charge is 0.412 e. The first-order chi connectivity index (χ1) is 21.2. The van der Waals surface area contributed by atoms with Crippen LogP contribution in [-0.4, -0.2) is 83.1 Å². The maximum absolute atomic E-state index is 13.2. The summed E-state index contributed by atoms with van der Waals surface area (Å²) in [6, 6.07) is 16.2. The summed E-state index contributed by atoms with van der Waals surface area (Å²) in [5.41, 5.74) is 20.2. The van der Waals surface area contributed by atoms with Crippen LogP contribution in [0.4, 0.5) is 4.79 Å². The summed E-state index contributed by atoms with van der Waals surface area (Å²) in [7, 11) is 0. The van der Waals surface area contributed by atoms with E-state index in [0.717, 1.165) is 11.1 Å². The zero-order valence-corrected chi connectivity index (χ0v) is 24.6. The van der Waals surface area contributed by atoms with Gasteiger partial charge in [0.05, 0.1) is 31.0 Å². The van der Waals surface area contributed by atoms with E-state index >= 15 is 0 Å². The van der Waals surface area contributed by atoms with E-state index in [4.69, 9.17) is 29.2 Å². The summed E-state index contributed by atoms with van der Waals surface area (Å²) in [5, 5.41) is 28.3. The average molecular weight is 612 g/mol. The van der Waals surface area contributed by atoms with Crippen molar-refractivity contribution in [1.82, 2.24) is 4.90 Å². The van der Waals surface area contributed by atoms with E-state index in [1.807, 2.05) is 67.6 Å². The summed E-state index contributed by atoms with van der Waals surface area (Å²) in [6.45, 7) is 5.09. The number of hydrogen-bond acceptors (Lipinski definition) is 10. The minimum atomic E-state index is -1.45. The van der Waals surface area contributed by atoms with Gasteiger partial charge in [-0.3, -0.25) is 4.90 Å². The normalized spacial score (nSPS) is 31.7. The van der Waals surface area contributed by atoms with Gasteiger partial charge in [0, 0.05) is 15.7 Å². The number of aliphatic hydroxyl groups is 2. The molecule has 0 radical (unpaired) electrons. The minimum Gasteiger partial charge on any atom is -0.444 e. The Morgan fingerprint density at radius 1 is 0.864 bits per heavy atom. The van der Waals surface area contributed by atoms with Gasteiger partial charge in [0.15, 0.2) is 12.6 Å². The van der Waals surface area contributed by atoms with Crippen molar-refractivity contribution in [1.29, 1.82) is 0 Å². The topological polar surface area (TPSA) is 204 Å². The highest BCUT2D eigenvalue weighted by atomic mass is 16.7. The predicted molar refractivity (Wildman–Crippen MR) is 155 cm³/mol. The Bertz CT molecular complexity index is 1310. The fourth-order valence-corrected chi connectivity index (χ4v) is 5.07. The molecule has 44 heavy (non-hydrogen) atoms. The van der Waals surface area contributed by atoms with Crippen molar-refractivity contribution in [3.63, 3.8) is 0 Å². The van der Waals surface area contributed by atoms with Crippen LogP contribution in [0.15, 0.2) is 70.9 Å². The molecule has 1 amide bonds. The summed E-state index contributed by atoms with van der Waals surface area (Å²) < 4.78 is 29.7. The SMILES string of the molecule is CC1O[C@@H](O[C@@H]2C(N=[N+]=[N-])[C@H](OCN(Cc3ccccc3)C(=O)OCc3ccccc3)OC(C)[C@@H]2C)C(N=[N+]=[N-])[C@@H](O)[C@@H]1O. The fourth-order valence-electron chi connectivity index (χ4n) is 5.07.